The van der Waals surface area contributed by atoms with Gasteiger partial charge in [-0.2, -0.15) is 0 Å². The van der Waals surface area contributed by atoms with Gasteiger partial charge in [0, 0.05) is 5.92 Å². The summed E-state index contributed by atoms with van der Waals surface area (Å²) in [6.45, 7) is 2.11. The van der Waals surface area contributed by atoms with Crippen molar-refractivity contribution < 1.29 is 42.2 Å². The third-order valence-corrected chi connectivity index (χ3v) is 2.42. The van der Waals surface area contributed by atoms with Gasteiger partial charge >= 0.3 is 22.4 Å². The smallest absolute Gasteiger partial charge is 0.549 e. The molecule has 0 amide bonds. The van der Waals surface area contributed by atoms with Crippen LogP contribution in [0.25, 0.3) is 0 Å². The average molecular weight is 322 g/mol. The average Bonchev–Trinajstić information content (AvgIpc) is 2.15. The Labute approximate surface area is 112 Å². The Kier molecular flexibility index (Phi) is 12.6. The molecule has 0 unspecified atom stereocenters. The number of rotatable bonds is 9. The molecule has 0 saturated carbocycles. The van der Waals surface area contributed by atoms with E-state index in [2.05, 4.69) is 6.92 Å². The molecule has 0 fully saturated rings. The standard InChI is InChI=1S/C11H20O4.Ag/c1-2-3-4-5-6-7-8-9(10(12)13)11(14)15;/h9H,2-8H2,1H3,(H,12,13)(H,14,15);/q;+2/p-2. The minimum atomic E-state index is -1.54. The summed E-state index contributed by atoms with van der Waals surface area (Å²) in [5.74, 6) is -4.52. The quantitative estimate of drug-likeness (QED) is 0.336. The van der Waals surface area contributed by atoms with Gasteiger partial charge in [0.15, 0.2) is 0 Å². The van der Waals surface area contributed by atoms with Crippen LogP contribution in [-0.4, -0.2) is 11.9 Å². The van der Waals surface area contributed by atoms with E-state index >= 15 is 0 Å². The van der Waals surface area contributed by atoms with Gasteiger partial charge < -0.3 is 19.8 Å². The number of hydrogen-bond acceptors (Lipinski definition) is 4. The second-order valence-corrected chi connectivity index (χ2v) is 3.75. The third kappa shape index (κ3) is 8.95. The van der Waals surface area contributed by atoms with Crippen LogP contribution in [0.15, 0.2) is 0 Å². The molecule has 0 aromatic rings. The summed E-state index contributed by atoms with van der Waals surface area (Å²) >= 11 is 0. The van der Waals surface area contributed by atoms with Crippen LogP contribution < -0.4 is 10.2 Å². The first-order chi connectivity index (χ1) is 7.09. The number of carbonyl (C=O) groups is 2. The van der Waals surface area contributed by atoms with Crippen molar-refractivity contribution in [2.75, 3.05) is 0 Å². The minimum absolute atomic E-state index is 0. The predicted molar refractivity (Wildman–Crippen MR) is 51.5 cm³/mol. The van der Waals surface area contributed by atoms with Crippen LogP contribution in [0.4, 0.5) is 0 Å². The molecule has 0 aliphatic heterocycles. The van der Waals surface area contributed by atoms with Crippen molar-refractivity contribution in [3.05, 3.63) is 0 Å². The van der Waals surface area contributed by atoms with Crippen molar-refractivity contribution >= 4 is 11.9 Å². The van der Waals surface area contributed by atoms with E-state index in [1.807, 2.05) is 0 Å². The first-order valence-electron chi connectivity index (χ1n) is 5.51. The molecule has 0 atom stereocenters. The molecular weight excluding hydrogens is 304 g/mol. The molecule has 0 aliphatic carbocycles. The summed E-state index contributed by atoms with van der Waals surface area (Å²) in [7, 11) is 0. The minimum Gasteiger partial charge on any atom is -0.549 e. The molecule has 1 radical (unpaired) electrons. The SMILES string of the molecule is CCCCCCCCC(C(=O)[O-])C(=O)[O-].[Ag+2]. The summed E-state index contributed by atoms with van der Waals surface area (Å²) < 4.78 is 0. The molecule has 0 bridgehead atoms. The summed E-state index contributed by atoms with van der Waals surface area (Å²) in [6.07, 6.45) is 6.08. The molecule has 0 rings (SSSR count). The molecule has 0 N–H and O–H groups in total. The summed E-state index contributed by atoms with van der Waals surface area (Å²) in [5, 5.41) is 20.8. The Hall–Kier alpha value is -0.320. The van der Waals surface area contributed by atoms with Crippen molar-refractivity contribution in [3.63, 3.8) is 0 Å². The number of hydrogen-bond donors (Lipinski definition) is 0. The number of carbonyl (C=O) groups excluding carboxylic acids is 2. The van der Waals surface area contributed by atoms with E-state index < -0.39 is 17.9 Å². The fourth-order valence-corrected chi connectivity index (χ4v) is 1.46. The number of unbranched alkanes of at least 4 members (excludes halogenated alkanes) is 5. The van der Waals surface area contributed by atoms with E-state index in [-0.39, 0.29) is 28.8 Å². The predicted octanol–water partition coefficient (Wildman–Crippen LogP) is -0.149. The zero-order valence-electron chi connectivity index (χ0n) is 9.46. The molecule has 4 nitrogen and oxygen atoms in total. The molecule has 16 heavy (non-hydrogen) atoms. The summed E-state index contributed by atoms with van der Waals surface area (Å²) in [4.78, 5) is 20.8. The van der Waals surface area contributed by atoms with E-state index in [0.717, 1.165) is 25.7 Å². The maximum absolute atomic E-state index is 10.4. The Morgan fingerprint density at radius 1 is 0.938 bits per heavy atom. The third-order valence-electron chi connectivity index (χ3n) is 2.42. The first-order valence-corrected chi connectivity index (χ1v) is 5.51. The van der Waals surface area contributed by atoms with Crippen molar-refractivity contribution in [1.29, 1.82) is 0 Å². The molecular formula is C11H18AgO4. The summed E-state index contributed by atoms with van der Waals surface area (Å²) in [6, 6.07) is 0. The maximum Gasteiger partial charge on any atom is 2.00 e. The van der Waals surface area contributed by atoms with Crippen LogP contribution in [0.1, 0.15) is 51.9 Å². The van der Waals surface area contributed by atoms with Gasteiger partial charge in [-0.1, -0.05) is 45.4 Å². The van der Waals surface area contributed by atoms with Gasteiger partial charge in [-0.25, -0.2) is 0 Å². The van der Waals surface area contributed by atoms with Gasteiger partial charge in [-0.15, -0.1) is 0 Å². The summed E-state index contributed by atoms with van der Waals surface area (Å²) in [5.41, 5.74) is 0. The van der Waals surface area contributed by atoms with E-state index in [1.165, 1.54) is 6.42 Å². The molecule has 0 aromatic carbocycles. The topological polar surface area (TPSA) is 80.3 Å². The molecule has 0 aromatic heterocycles. The van der Waals surface area contributed by atoms with E-state index in [0.29, 0.717) is 6.42 Å². The van der Waals surface area contributed by atoms with Crippen LogP contribution in [0.3, 0.4) is 0 Å². The molecule has 0 heterocycles. The van der Waals surface area contributed by atoms with Gasteiger partial charge in [0.1, 0.15) is 0 Å². The van der Waals surface area contributed by atoms with Crippen LogP contribution in [0.5, 0.6) is 0 Å². The van der Waals surface area contributed by atoms with Crippen molar-refractivity contribution in [3.8, 4) is 0 Å². The van der Waals surface area contributed by atoms with Crippen molar-refractivity contribution in [2.24, 2.45) is 5.92 Å². The van der Waals surface area contributed by atoms with E-state index in [4.69, 9.17) is 0 Å². The number of aliphatic carboxylic acids is 2. The zero-order chi connectivity index (χ0) is 11.7. The molecule has 97 valence electrons. The molecule has 5 heteroatoms. The first kappa shape index (κ1) is 18.1. The Morgan fingerprint density at radius 2 is 1.38 bits per heavy atom. The van der Waals surface area contributed by atoms with Crippen molar-refractivity contribution in [1.82, 2.24) is 0 Å². The largest absolute Gasteiger partial charge is 2.00 e. The second-order valence-electron chi connectivity index (χ2n) is 3.75. The Morgan fingerprint density at radius 3 is 1.81 bits per heavy atom. The van der Waals surface area contributed by atoms with E-state index in [9.17, 15) is 19.8 Å². The fourth-order valence-electron chi connectivity index (χ4n) is 1.46. The molecule has 0 aliphatic rings. The van der Waals surface area contributed by atoms with E-state index in [1.54, 1.807) is 0 Å². The number of carboxylic acid groups (broad SMARTS) is 2. The molecule has 0 spiro atoms. The van der Waals surface area contributed by atoms with Gasteiger partial charge in [0.25, 0.3) is 0 Å². The van der Waals surface area contributed by atoms with Crippen LogP contribution in [0.2, 0.25) is 0 Å². The monoisotopic (exact) mass is 321 g/mol. The van der Waals surface area contributed by atoms with Gasteiger partial charge in [0.2, 0.25) is 0 Å². The Balaban J connectivity index is 0. The maximum atomic E-state index is 10.4. The van der Waals surface area contributed by atoms with Crippen LogP contribution in [-0.2, 0) is 32.0 Å². The van der Waals surface area contributed by atoms with Gasteiger partial charge in [-0.3, -0.25) is 0 Å². The zero-order valence-corrected chi connectivity index (χ0v) is 10.9. The normalized spacial score (nSPS) is 9.88. The Bertz CT molecular complexity index is 192. The second kappa shape index (κ2) is 11.2. The van der Waals surface area contributed by atoms with Gasteiger partial charge in [0.05, 0.1) is 11.9 Å². The molecule has 0 saturated heterocycles. The van der Waals surface area contributed by atoms with Crippen LogP contribution in [0, 0.1) is 5.92 Å². The van der Waals surface area contributed by atoms with Crippen molar-refractivity contribution in [2.45, 2.75) is 51.9 Å². The fraction of sp³-hybridized carbons (Fsp3) is 0.818. The number of carboxylic acids is 2. The van der Waals surface area contributed by atoms with Gasteiger partial charge in [-0.05, 0) is 6.42 Å². The van der Waals surface area contributed by atoms with Crippen LogP contribution >= 0.6 is 0 Å².